The van der Waals surface area contributed by atoms with Crippen molar-refractivity contribution in [3.8, 4) is 0 Å². The van der Waals surface area contributed by atoms with Gasteiger partial charge in [0.1, 0.15) is 0 Å². The van der Waals surface area contributed by atoms with Gasteiger partial charge >= 0.3 is 0 Å². The number of hydrogen-bond donors (Lipinski definition) is 2. The average molecular weight is 449 g/mol. The summed E-state index contributed by atoms with van der Waals surface area (Å²) < 4.78 is 0. The molecule has 1 aromatic rings. The minimum absolute atomic E-state index is 0.0462. The molecule has 1 aromatic carbocycles. The van der Waals surface area contributed by atoms with E-state index in [-0.39, 0.29) is 11.5 Å². The number of hydrogen-bond acceptors (Lipinski definition) is 2. The molecule has 8 atom stereocenters. The van der Waals surface area contributed by atoms with E-state index in [1.54, 1.807) is 0 Å². The predicted octanol–water partition coefficient (Wildman–Crippen LogP) is 6.75. The van der Waals surface area contributed by atoms with Gasteiger partial charge in [-0.2, -0.15) is 0 Å². The summed E-state index contributed by atoms with van der Waals surface area (Å²) >= 11 is 12.7. The maximum absolute atomic E-state index is 11.4. The Hall–Kier alpha value is -0.540. The van der Waals surface area contributed by atoms with E-state index in [1.807, 2.05) is 18.2 Å². The summed E-state index contributed by atoms with van der Waals surface area (Å²) in [4.78, 5) is 0. The molecule has 5 rings (SSSR count). The van der Waals surface area contributed by atoms with E-state index < -0.39 is 6.10 Å². The van der Waals surface area contributed by atoms with Gasteiger partial charge in [0.25, 0.3) is 0 Å². The highest BCUT2D eigenvalue weighted by molar-refractivity contribution is 6.42. The highest BCUT2D eigenvalue weighted by Crippen LogP contribution is 2.67. The van der Waals surface area contributed by atoms with E-state index in [2.05, 4.69) is 19.9 Å². The predicted molar refractivity (Wildman–Crippen MR) is 124 cm³/mol. The van der Waals surface area contributed by atoms with Crippen LogP contribution in [0, 0.1) is 34.5 Å². The maximum Gasteiger partial charge on any atom is 0.0809 e. The fraction of sp³-hybridized carbons (Fsp3) is 0.692. The summed E-state index contributed by atoms with van der Waals surface area (Å²) in [5.41, 5.74) is 2.35. The highest BCUT2D eigenvalue weighted by Gasteiger charge is 2.61. The SMILES string of the molecule is C[C@]12CC[C@H](O)C[C@@H]1CC[C@H]1[C@H]2CC[C@@]2(C)[C@@H]1C/C(=C/c1cccc(Cl)c1Cl)[C@@H]2O. The Morgan fingerprint density at radius 1 is 0.967 bits per heavy atom. The quantitative estimate of drug-likeness (QED) is 0.498. The Morgan fingerprint density at radius 2 is 1.73 bits per heavy atom. The first-order chi connectivity index (χ1) is 14.2. The molecule has 2 N–H and O–H groups in total. The van der Waals surface area contributed by atoms with Crippen molar-refractivity contribution in [2.24, 2.45) is 34.5 Å². The Labute approximate surface area is 190 Å². The van der Waals surface area contributed by atoms with Gasteiger partial charge in [-0.3, -0.25) is 0 Å². The van der Waals surface area contributed by atoms with Crippen molar-refractivity contribution in [3.05, 3.63) is 39.4 Å². The largest absolute Gasteiger partial charge is 0.393 e. The molecule has 4 aliphatic carbocycles. The number of rotatable bonds is 1. The molecule has 4 heteroatoms. The Morgan fingerprint density at radius 3 is 2.53 bits per heavy atom. The molecule has 30 heavy (non-hydrogen) atoms. The lowest BCUT2D eigenvalue weighted by molar-refractivity contribution is -0.133. The molecule has 0 aliphatic heterocycles. The summed E-state index contributed by atoms with van der Waals surface area (Å²) in [5, 5.41) is 22.8. The molecule has 4 aliphatic rings. The van der Waals surface area contributed by atoms with Crippen LogP contribution < -0.4 is 0 Å². The number of fused-ring (bicyclic) bond motifs is 5. The van der Waals surface area contributed by atoms with Gasteiger partial charge in [0, 0.05) is 5.41 Å². The molecular weight excluding hydrogens is 415 g/mol. The van der Waals surface area contributed by atoms with E-state index in [0.29, 0.717) is 33.2 Å². The molecule has 2 nitrogen and oxygen atoms in total. The van der Waals surface area contributed by atoms with Gasteiger partial charge in [0.2, 0.25) is 0 Å². The van der Waals surface area contributed by atoms with E-state index >= 15 is 0 Å². The van der Waals surface area contributed by atoms with Crippen LogP contribution in [0.15, 0.2) is 23.8 Å². The summed E-state index contributed by atoms with van der Waals surface area (Å²) in [7, 11) is 0. The second-order valence-electron chi connectivity index (χ2n) is 11.1. The van der Waals surface area contributed by atoms with Crippen molar-refractivity contribution in [1.29, 1.82) is 0 Å². The smallest absolute Gasteiger partial charge is 0.0809 e. The third-order valence-corrected chi connectivity index (χ3v) is 10.7. The zero-order chi connectivity index (χ0) is 21.3. The Kier molecular flexibility index (Phi) is 5.33. The second-order valence-corrected chi connectivity index (χ2v) is 11.9. The third kappa shape index (κ3) is 3.12. The minimum atomic E-state index is -0.405. The maximum atomic E-state index is 11.4. The van der Waals surface area contributed by atoms with Crippen molar-refractivity contribution < 1.29 is 10.2 Å². The molecule has 0 unspecified atom stereocenters. The third-order valence-electron chi connectivity index (χ3n) is 9.83. The van der Waals surface area contributed by atoms with Crippen LogP contribution in [0.25, 0.3) is 6.08 Å². The van der Waals surface area contributed by atoms with Crippen molar-refractivity contribution in [3.63, 3.8) is 0 Å². The second kappa shape index (κ2) is 7.51. The van der Waals surface area contributed by atoms with Crippen LogP contribution in [0.3, 0.4) is 0 Å². The first-order valence-corrected chi connectivity index (χ1v) is 12.5. The van der Waals surface area contributed by atoms with Crippen LogP contribution in [0.5, 0.6) is 0 Å². The lowest BCUT2D eigenvalue weighted by Crippen LogP contribution is -2.54. The molecule has 4 saturated carbocycles. The molecule has 0 radical (unpaired) electrons. The van der Waals surface area contributed by atoms with E-state index in [9.17, 15) is 10.2 Å². The lowest BCUT2D eigenvalue weighted by Gasteiger charge is -2.60. The van der Waals surface area contributed by atoms with Gasteiger partial charge in [0.05, 0.1) is 22.3 Å². The summed E-state index contributed by atoms with van der Waals surface area (Å²) in [6.45, 7) is 4.83. The van der Waals surface area contributed by atoms with Crippen LogP contribution in [-0.4, -0.2) is 22.4 Å². The first kappa shape index (κ1) is 21.3. The van der Waals surface area contributed by atoms with Gasteiger partial charge in [-0.1, -0.05) is 55.3 Å². The summed E-state index contributed by atoms with van der Waals surface area (Å²) in [6, 6.07) is 5.72. The summed E-state index contributed by atoms with van der Waals surface area (Å²) in [5.74, 6) is 2.59. The fourth-order valence-electron chi connectivity index (χ4n) is 8.07. The minimum Gasteiger partial charge on any atom is -0.393 e. The van der Waals surface area contributed by atoms with Gasteiger partial charge in [0.15, 0.2) is 0 Å². The number of aliphatic hydroxyl groups excluding tert-OH is 2. The molecule has 0 saturated heterocycles. The van der Waals surface area contributed by atoms with E-state index in [1.165, 1.54) is 19.3 Å². The lowest BCUT2D eigenvalue weighted by atomic mass is 9.45. The molecule has 0 aromatic heterocycles. The zero-order valence-corrected chi connectivity index (χ0v) is 19.6. The highest BCUT2D eigenvalue weighted by atomic mass is 35.5. The Bertz CT molecular complexity index is 867. The Balaban J connectivity index is 1.46. The molecule has 4 fully saturated rings. The number of halogens is 2. The van der Waals surface area contributed by atoms with Gasteiger partial charge in [-0.15, -0.1) is 0 Å². The van der Waals surface area contributed by atoms with Crippen molar-refractivity contribution in [2.45, 2.75) is 77.4 Å². The van der Waals surface area contributed by atoms with Crippen LogP contribution >= 0.6 is 23.2 Å². The molecule has 0 heterocycles. The van der Waals surface area contributed by atoms with Crippen LogP contribution in [-0.2, 0) is 0 Å². The average Bonchev–Trinajstić information content (AvgIpc) is 2.97. The fourth-order valence-corrected chi connectivity index (χ4v) is 8.43. The number of benzene rings is 1. The van der Waals surface area contributed by atoms with Crippen LogP contribution in [0.1, 0.15) is 70.8 Å². The summed E-state index contributed by atoms with van der Waals surface area (Å²) in [6.07, 6.45) is 10.4. The van der Waals surface area contributed by atoms with Gasteiger partial charge < -0.3 is 10.2 Å². The zero-order valence-electron chi connectivity index (χ0n) is 18.1. The molecular formula is C26H34Cl2O2. The van der Waals surface area contributed by atoms with Crippen molar-refractivity contribution in [1.82, 2.24) is 0 Å². The molecule has 0 amide bonds. The molecule has 0 spiro atoms. The van der Waals surface area contributed by atoms with Crippen molar-refractivity contribution in [2.75, 3.05) is 0 Å². The normalized spacial score (nSPS) is 46.9. The number of aliphatic hydroxyl groups is 2. The van der Waals surface area contributed by atoms with Gasteiger partial charge in [-0.05, 0) is 97.7 Å². The molecule has 164 valence electrons. The van der Waals surface area contributed by atoms with E-state index in [4.69, 9.17) is 23.2 Å². The standard InChI is InChI=1S/C26H34Cl2O2/c1-25-10-8-18(29)14-17(25)6-7-19-20(25)9-11-26(2)21(19)13-16(24(26)30)12-15-4-3-5-22(27)23(15)28/h3-5,12,17-21,24,29-30H,6-11,13-14H2,1-2H3/b16-12-/t17-,18-,19-,20+,21+,24-,25-,26-/m0/s1. The van der Waals surface area contributed by atoms with Crippen LogP contribution in [0.2, 0.25) is 10.0 Å². The van der Waals surface area contributed by atoms with Gasteiger partial charge in [-0.25, -0.2) is 0 Å². The molecule has 0 bridgehead atoms. The van der Waals surface area contributed by atoms with E-state index in [0.717, 1.165) is 49.2 Å². The topological polar surface area (TPSA) is 40.5 Å². The van der Waals surface area contributed by atoms with Crippen LogP contribution in [0.4, 0.5) is 0 Å². The first-order valence-electron chi connectivity index (χ1n) is 11.7. The van der Waals surface area contributed by atoms with Crippen molar-refractivity contribution >= 4 is 29.3 Å². The monoisotopic (exact) mass is 448 g/mol.